The van der Waals surface area contributed by atoms with Crippen LogP contribution in [0.4, 0.5) is 11.4 Å². The molecule has 0 fully saturated rings. The van der Waals surface area contributed by atoms with E-state index in [1.54, 1.807) is 17.0 Å². The number of carbonyl (C=O) groups is 2. The first kappa shape index (κ1) is 19.0. The van der Waals surface area contributed by atoms with Gasteiger partial charge in [-0.3, -0.25) is 9.59 Å². The smallest absolute Gasteiger partial charge is 0.236 e. The minimum Gasteiger partial charge on any atom is -0.495 e. The number of fused-ring (bicyclic) bond motifs is 1. The highest BCUT2D eigenvalue weighted by Gasteiger charge is 2.31. The Bertz CT molecular complexity index is 884. The number of para-hydroxylation sites is 1. The van der Waals surface area contributed by atoms with Gasteiger partial charge in [-0.05, 0) is 25.0 Å². The average molecular weight is 389 g/mol. The monoisotopic (exact) mass is 388 g/mol. The molecule has 2 aromatic rings. The van der Waals surface area contributed by atoms with E-state index in [1.165, 1.54) is 14.2 Å². The molecular formula is C20H21ClN2O4. The van der Waals surface area contributed by atoms with Crippen molar-refractivity contribution in [2.75, 3.05) is 24.4 Å². The van der Waals surface area contributed by atoms with Gasteiger partial charge in [0.1, 0.15) is 17.9 Å². The third kappa shape index (κ3) is 3.85. The summed E-state index contributed by atoms with van der Waals surface area (Å²) in [7, 11) is 2.96. The number of methoxy groups -OCH3 is 2. The van der Waals surface area contributed by atoms with Gasteiger partial charge in [-0.15, -0.1) is 0 Å². The van der Waals surface area contributed by atoms with Crippen molar-refractivity contribution in [1.82, 2.24) is 0 Å². The van der Waals surface area contributed by atoms with Gasteiger partial charge in [0.25, 0.3) is 0 Å². The first-order chi connectivity index (χ1) is 12.9. The van der Waals surface area contributed by atoms with E-state index in [4.69, 9.17) is 21.1 Å². The number of nitrogens with zero attached hydrogens (tertiary/aromatic N) is 1. The van der Waals surface area contributed by atoms with Crippen LogP contribution in [0.5, 0.6) is 11.5 Å². The van der Waals surface area contributed by atoms with Crippen molar-refractivity contribution in [3.8, 4) is 11.5 Å². The van der Waals surface area contributed by atoms with Crippen LogP contribution in [0.2, 0.25) is 5.02 Å². The van der Waals surface area contributed by atoms with Crippen LogP contribution in [0.3, 0.4) is 0 Å². The molecule has 142 valence electrons. The van der Waals surface area contributed by atoms with Gasteiger partial charge in [0, 0.05) is 23.9 Å². The lowest BCUT2D eigenvalue weighted by atomic mass is 10.1. The zero-order valence-electron chi connectivity index (χ0n) is 15.4. The maximum atomic E-state index is 12.7. The minimum atomic E-state index is -0.431. The van der Waals surface area contributed by atoms with Crippen molar-refractivity contribution in [3.05, 3.63) is 47.0 Å². The highest BCUT2D eigenvalue weighted by Crippen LogP contribution is 2.36. The summed E-state index contributed by atoms with van der Waals surface area (Å²) in [6.45, 7) is 1.98. The van der Waals surface area contributed by atoms with Gasteiger partial charge in [-0.25, -0.2) is 0 Å². The number of carbonyl (C=O) groups excluding carboxylic acids is 2. The molecule has 2 aromatic carbocycles. The molecule has 0 bridgehead atoms. The molecule has 1 aliphatic heterocycles. The zero-order valence-corrected chi connectivity index (χ0v) is 16.2. The number of amides is 2. The summed E-state index contributed by atoms with van der Waals surface area (Å²) in [5.41, 5.74) is 2.38. The molecule has 3 rings (SSSR count). The van der Waals surface area contributed by atoms with Crippen LogP contribution in [0.15, 0.2) is 36.4 Å². The Labute approximate surface area is 163 Å². The molecule has 1 N–H and O–H groups in total. The SMILES string of the molecule is COc1cc(NC(=O)CC(=O)N2c3ccccc3CC2C)c(OC)cc1Cl. The highest BCUT2D eigenvalue weighted by molar-refractivity contribution is 6.32. The summed E-state index contributed by atoms with van der Waals surface area (Å²) >= 11 is 6.07. The minimum absolute atomic E-state index is 0.0212. The first-order valence-corrected chi connectivity index (χ1v) is 8.93. The molecule has 1 unspecified atom stereocenters. The summed E-state index contributed by atoms with van der Waals surface area (Å²) in [6.07, 6.45) is 0.512. The summed E-state index contributed by atoms with van der Waals surface area (Å²) in [5, 5.41) is 3.07. The van der Waals surface area contributed by atoms with Gasteiger partial charge >= 0.3 is 0 Å². The summed E-state index contributed by atoms with van der Waals surface area (Å²) in [4.78, 5) is 26.9. The fraction of sp³-hybridized carbons (Fsp3) is 0.300. The number of ether oxygens (including phenoxy) is 2. The van der Waals surface area contributed by atoms with E-state index >= 15 is 0 Å². The highest BCUT2D eigenvalue weighted by atomic mass is 35.5. The standard InChI is InChI=1S/C20H21ClN2O4/c1-12-8-13-6-4-5-7-16(13)23(12)20(25)11-19(24)22-15-10-17(26-2)14(21)9-18(15)27-3/h4-7,9-10,12H,8,11H2,1-3H3,(H,22,24). The molecule has 1 heterocycles. The van der Waals surface area contributed by atoms with Crippen LogP contribution in [-0.4, -0.2) is 32.1 Å². The van der Waals surface area contributed by atoms with Gasteiger partial charge in [0.15, 0.2) is 0 Å². The van der Waals surface area contributed by atoms with Crippen molar-refractivity contribution < 1.29 is 19.1 Å². The third-order valence-electron chi connectivity index (χ3n) is 4.54. The molecule has 0 aliphatic carbocycles. The predicted octanol–water partition coefficient (Wildman–Crippen LogP) is 3.66. The fourth-order valence-corrected chi connectivity index (χ4v) is 3.55. The molecule has 6 nitrogen and oxygen atoms in total. The number of halogens is 1. The van der Waals surface area contributed by atoms with E-state index < -0.39 is 5.91 Å². The number of hydrogen-bond donors (Lipinski definition) is 1. The van der Waals surface area contributed by atoms with E-state index in [2.05, 4.69) is 5.32 Å². The molecule has 0 saturated carbocycles. The van der Waals surface area contributed by atoms with E-state index in [1.807, 2.05) is 31.2 Å². The van der Waals surface area contributed by atoms with Crippen molar-refractivity contribution >= 4 is 34.8 Å². The van der Waals surface area contributed by atoms with E-state index in [0.717, 1.165) is 17.7 Å². The molecule has 0 radical (unpaired) electrons. The second kappa shape index (κ2) is 7.88. The maximum Gasteiger partial charge on any atom is 0.236 e. The first-order valence-electron chi connectivity index (χ1n) is 8.56. The van der Waals surface area contributed by atoms with Crippen LogP contribution in [0.25, 0.3) is 0 Å². The number of nitrogens with one attached hydrogen (secondary N) is 1. The van der Waals surface area contributed by atoms with Crippen molar-refractivity contribution in [3.63, 3.8) is 0 Å². The van der Waals surface area contributed by atoms with Crippen LogP contribution in [0, 0.1) is 0 Å². The van der Waals surface area contributed by atoms with Gasteiger partial charge in [-0.2, -0.15) is 0 Å². The Morgan fingerprint density at radius 2 is 1.89 bits per heavy atom. The lowest BCUT2D eigenvalue weighted by Gasteiger charge is -2.22. The van der Waals surface area contributed by atoms with Crippen LogP contribution in [-0.2, 0) is 16.0 Å². The van der Waals surface area contributed by atoms with Crippen LogP contribution < -0.4 is 19.7 Å². The Balaban J connectivity index is 1.74. The van der Waals surface area contributed by atoms with Gasteiger partial charge in [-0.1, -0.05) is 29.8 Å². The Morgan fingerprint density at radius 1 is 1.19 bits per heavy atom. The van der Waals surface area contributed by atoms with Crippen molar-refractivity contribution in [2.24, 2.45) is 0 Å². The topological polar surface area (TPSA) is 67.9 Å². The Hall–Kier alpha value is -2.73. The molecule has 2 amide bonds. The lowest BCUT2D eigenvalue weighted by molar-refractivity contribution is -0.125. The fourth-order valence-electron chi connectivity index (χ4n) is 3.32. The average Bonchev–Trinajstić information content (AvgIpc) is 2.98. The van der Waals surface area contributed by atoms with Gasteiger partial charge in [0.05, 0.1) is 24.9 Å². The summed E-state index contributed by atoms with van der Waals surface area (Å²) in [6, 6.07) is 10.9. The second-order valence-corrected chi connectivity index (χ2v) is 6.76. The molecular weight excluding hydrogens is 368 g/mol. The Kier molecular flexibility index (Phi) is 5.56. The summed E-state index contributed by atoms with van der Waals surface area (Å²) in [5.74, 6) is 0.117. The van der Waals surface area contributed by atoms with E-state index in [-0.39, 0.29) is 18.4 Å². The molecule has 0 aromatic heterocycles. The number of hydrogen-bond acceptors (Lipinski definition) is 4. The zero-order chi connectivity index (χ0) is 19.6. The molecule has 27 heavy (non-hydrogen) atoms. The maximum absolute atomic E-state index is 12.7. The molecule has 1 aliphatic rings. The second-order valence-electron chi connectivity index (χ2n) is 6.36. The molecule has 1 atom stereocenters. The van der Waals surface area contributed by atoms with Crippen LogP contribution in [0.1, 0.15) is 18.9 Å². The lowest BCUT2D eigenvalue weighted by Crippen LogP contribution is -2.37. The normalized spacial score (nSPS) is 15.3. The number of rotatable bonds is 5. The van der Waals surface area contributed by atoms with Crippen LogP contribution >= 0.6 is 11.6 Å². The third-order valence-corrected chi connectivity index (χ3v) is 4.83. The quantitative estimate of drug-likeness (QED) is 0.793. The molecule has 7 heteroatoms. The van der Waals surface area contributed by atoms with E-state index in [0.29, 0.717) is 22.2 Å². The van der Waals surface area contributed by atoms with E-state index in [9.17, 15) is 9.59 Å². The summed E-state index contributed by atoms with van der Waals surface area (Å²) < 4.78 is 10.4. The molecule has 0 saturated heterocycles. The van der Waals surface area contributed by atoms with Crippen molar-refractivity contribution in [1.29, 1.82) is 0 Å². The number of benzene rings is 2. The van der Waals surface area contributed by atoms with Gasteiger partial charge < -0.3 is 19.7 Å². The van der Waals surface area contributed by atoms with Gasteiger partial charge in [0.2, 0.25) is 11.8 Å². The number of anilines is 2. The predicted molar refractivity (Wildman–Crippen MR) is 105 cm³/mol. The van der Waals surface area contributed by atoms with Crippen molar-refractivity contribution in [2.45, 2.75) is 25.8 Å². The Morgan fingerprint density at radius 3 is 2.59 bits per heavy atom. The molecule has 0 spiro atoms. The largest absolute Gasteiger partial charge is 0.495 e.